The molecule has 0 aliphatic carbocycles. The van der Waals surface area contributed by atoms with Crippen molar-refractivity contribution in [1.29, 1.82) is 0 Å². The van der Waals surface area contributed by atoms with E-state index in [0.717, 1.165) is 4.90 Å². The number of nitrogens with zero attached hydrogens (tertiary/aromatic N) is 1. The average molecular weight is 342 g/mol. The van der Waals surface area contributed by atoms with Crippen LogP contribution in [0.5, 0.6) is 0 Å². The lowest BCUT2D eigenvalue weighted by Gasteiger charge is -2.31. The van der Waals surface area contributed by atoms with E-state index >= 15 is 0 Å². The fraction of sp³-hybridized carbons (Fsp3) is 0.467. The summed E-state index contributed by atoms with van der Waals surface area (Å²) in [5.41, 5.74) is -1.16. The molecule has 2 N–H and O–H groups in total. The van der Waals surface area contributed by atoms with Gasteiger partial charge in [-0.2, -0.15) is 0 Å². The predicted molar refractivity (Wildman–Crippen MR) is 85.7 cm³/mol. The second-order valence-electron chi connectivity index (χ2n) is 6.03. The first-order valence-electron chi connectivity index (χ1n) is 7.03. The molecule has 1 rings (SSSR count). The smallest absolute Gasteiger partial charge is 0.329 e. The van der Waals surface area contributed by atoms with E-state index < -0.39 is 27.4 Å². The normalized spacial score (nSPS) is 12.3. The maximum absolute atomic E-state index is 12.3. The van der Waals surface area contributed by atoms with Gasteiger partial charge in [-0.1, -0.05) is 0 Å². The van der Waals surface area contributed by atoms with E-state index in [1.54, 1.807) is 13.8 Å². The molecule has 8 heteroatoms. The molecule has 0 spiro atoms. The topological polar surface area (TPSA) is 104 Å². The van der Waals surface area contributed by atoms with Crippen molar-refractivity contribution in [2.75, 3.05) is 7.05 Å². The molecular weight excluding hydrogens is 320 g/mol. The summed E-state index contributed by atoms with van der Waals surface area (Å²) in [5, 5.41) is 9.16. The Hall–Kier alpha value is -1.93. The Balaban J connectivity index is 3.06. The van der Waals surface area contributed by atoms with Gasteiger partial charge in [0.2, 0.25) is 10.0 Å². The van der Waals surface area contributed by atoms with Crippen LogP contribution in [0.25, 0.3) is 0 Å². The Morgan fingerprint density at radius 3 is 2.04 bits per heavy atom. The van der Waals surface area contributed by atoms with Gasteiger partial charge >= 0.3 is 5.97 Å². The van der Waals surface area contributed by atoms with Gasteiger partial charge in [0.25, 0.3) is 5.91 Å². The van der Waals surface area contributed by atoms with E-state index in [-0.39, 0.29) is 16.5 Å². The summed E-state index contributed by atoms with van der Waals surface area (Å²) in [6.45, 7) is 6.24. The quantitative estimate of drug-likeness (QED) is 0.811. The number of sulfonamides is 1. The summed E-state index contributed by atoms with van der Waals surface area (Å²) < 4.78 is 26.5. The Morgan fingerprint density at radius 2 is 1.65 bits per heavy atom. The molecule has 0 heterocycles. The first kappa shape index (κ1) is 19.1. The van der Waals surface area contributed by atoms with Crippen LogP contribution in [0.3, 0.4) is 0 Å². The molecule has 128 valence electrons. The van der Waals surface area contributed by atoms with E-state index in [9.17, 15) is 18.0 Å². The first-order chi connectivity index (χ1) is 10.4. The van der Waals surface area contributed by atoms with Gasteiger partial charge in [-0.05, 0) is 52.0 Å². The minimum atomic E-state index is -3.63. The highest BCUT2D eigenvalue weighted by Gasteiger charge is 2.35. The lowest BCUT2D eigenvalue weighted by molar-refractivity contribution is -0.147. The Morgan fingerprint density at radius 1 is 1.17 bits per heavy atom. The molecule has 1 aromatic rings. The Labute approximate surface area is 136 Å². The lowest BCUT2D eigenvalue weighted by Crippen LogP contribution is -2.50. The average Bonchev–Trinajstić information content (AvgIpc) is 2.44. The zero-order chi connectivity index (χ0) is 18.0. The molecule has 0 saturated carbocycles. The minimum absolute atomic E-state index is 0.0443. The molecule has 23 heavy (non-hydrogen) atoms. The molecule has 0 aliphatic rings. The van der Waals surface area contributed by atoms with Crippen molar-refractivity contribution in [2.45, 2.75) is 44.2 Å². The molecule has 7 nitrogen and oxygen atoms in total. The Kier molecular flexibility index (Phi) is 5.55. The number of aliphatic carboxylic acids is 1. The van der Waals surface area contributed by atoms with Crippen molar-refractivity contribution in [3.8, 4) is 0 Å². The SMILES string of the molecule is CC(C)NS(=O)(=O)c1ccc(C(=O)N(C)C(C)(C)C(=O)O)cc1. The summed E-state index contributed by atoms with van der Waals surface area (Å²) in [7, 11) is -2.24. The number of carboxylic acid groups (broad SMARTS) is 1. The second-order valence-corrected chi connectivity index (χ2v) is 7.74. The van der Waals surface area contributed by atoms with E-state index in [0.29, 0.717) is 0 Å². The largest absolute Gasteiger partial charge is 0.480 e. The molecule has 1 amide bonds. The lowest BCUT2D eigenvalue weighted by atomic mass is 10.0. The van der Waals surface area contributed by atoms with Crippen LogP contribution >= 0.6 is 0 Å². The number of carbonyl (C=O) groups is 2. The van der Waals surface area contributed by atoms with Gasteiger partial charge in [0.1, 0.15) is 5.54 Å². The van der Waals surface area contributed by atoms with E-state index in [4.69, 9.17) is 5.11 Å². The van der Waals surface area contributed by atoms with Gasteiger partial charge in [0, 0.05) is 18.7 Å². The summed E-state index contributed by atoms with van der Waals surface area (Å²) in [5.74, 6) is -1.63. The molecule has 0 atom stereocenters. The fourth-order valence-electron chi connectivity index (χ4n) is 1.75. The minimum Gasteiger partial charge on any atom is -0.480 e. The van der Waals surface area contributed by atoms with Crippen molar-refractivity contribution in [3.05, 3.63) is 29.8 Å². The molecule has 0 unspecified atom stereocenters. The third-order valence-corrected chi connectivity index (χ3v) is 5.14. The number of rotatable bonds is 6. The van der Waals surface area contributed by atoms with Gasteiger partial charge in [-0.3, -0.25) is 4.79 Å². The number of nitrogens with one attached hydrogen (secondary N) is 1. The summed E-state index contributed by atoms with van der Waals surface area (Å²) in [6, 6.07) is 5.12. The van der Waals surface area contributed by atoms with Crippen molar-refractivity contribution in [3.63, 3.8) is 0 Å². The van der Waals surface area contributed by atoms with Crippen molar-refractivity contribution < 1.29 is 23.1 Å². The van der Waals surface area contributed by atoms with E-state index in [1.165, 1.54) is 45.2 Å². The summed E-state index contributed by atoms with van der Waals surface area (Å²) in [6.07, 6.45) is 0. The third kappa shape index (κ3) is 4.29. The van der Waals surface area contributed by atoms with Crippen molar-refractivity contribution in [1.82, 2.24) is 9.62 Å². The second kappa shape index (κ2) is 6.67. The van der Waals surface area contributed by atoms with Crippen LogP contribution in [0.1, 0.15) is 38.1 Å². The van der Waals surface area contributed by atoms with Crippen LogP contribution in [0, 0.1) is 0 Å². The van der Waals surface area contributed by atoms with Gasteiger partial charge in [-0.25, -0.2) is 17.9 Å². The molecule has 0 fully saturated rings. The molecule has 0 aliphatic heterocycles. The maximum Gasteiger partial charge on any atom is 0.329 e. The number of likely N-dealkylation sites (N-methyl/N-ethyl adjacent to an activating group) is 1. The molecule has 0 saturated heterocycles. The van der Waals surface area contributed by atoms with Crippen LogP contribution in [-0.2, 0) is 14.8 Å². The number of carbonyl (C=O) groups excluding carboxylic acids is 1. The molecule has 1 aromatic carbocycles. The van der Waals surface area contributed by atoms with Crippen molar-refractivity contribution in [2.24, 2.45) is 0 Å². The van der Waals surface area contributed by atoms with E-state index in [1.807, 2.05) is 0 Å². The molecular formula is C15H22N2O5S. The van der Waals surface area contributed by atoms with E-state index in [2.05, 4.69) is 4.72 Å². The van der Waals surface area contributed by atoms with Crippen LogP contribution in [0.2, 0.25) is 0 Å². The number of hydrogen-bond acceptors (Lipinski definition) is 4. The number of benzene rings is 1. The van der Waals surface area contributed by atoms with Gasteiger partial charge in [0.15, 0.2) is 0 Å². The number of amides is 1. The number of carboxylic acids is 1. The molecule has 0 aromatic heterocycles. The van der Waals surface area contributed by atoms with Crippen LogP contribution in [0.15, 0.2) is 29.2 Å². The van der Waals surface area contributed by atoms with Gasteiger partial charge in [-0.15, -0.1) is 0 Å². The molecule has 0 radical (unpaired) electrons. The highest BCUT2D eigenvalue weighted by molar-refractivity contribution is 7.89. The number of hydrogen-bond donors (Lipinski definition) is 2. The summed E-state index contributed by atoms with van der Waals surface area (Å²) >= 11 is 0. The fourth-order valence-corrected chi connectivity index (χ4v) is 3.00. The molecule has 0 bridgehead atoms. The Bertz CT molecular complexity index is 693. The van der Waals surface area contributed by atoms with Crippen LogP contribution in [-0.4, -0.2) is 48.9 Å². The van der Waals surface area contributed by atoms with Crippen LogP contribution < -0.4 is 4.72 Å². The van der Waals surface area contributed by atoms with Gasteiger partial charge < -0.3 is 10.0 Å². The van der Waals surface area contributed by atoms with Gasteiger partial charge in [0.05, 0.1) is 4.90 Å². The monoisotopic (exact) mass is 342 g/mol. The van der Waals surface area contributed by atoms with Crippen LogP contribution in [0.4, 0.5) is 0 Å². The summed E-state index contributed by atoms with van der Waals surface area (Å²) in [4.78, 5) is 24.7. The first-order valence-corrected chi connectivity index (χ1v) is 8.52. The van der Waals surface area contributed by atoms with Crippen molar-refractivity contribution >= 4 is 21.9 Å². The highest BCUT2D eigenvalue weighted by Crippen LogP contribution is 2.18. The highest BCUT2D eigenvalue weighted by atomic mass is 32.2. The maximum atomic E-state index is 12.3. The predicted octanol–water partition coefficient (Wildman–Crippen LogP) is 1.31. The zero-order valence-electron chi connectivity index (χ0n) is 13.8. The third-order valence-electron chi connectivity index (χ3n) is 3.47. The standard InChI is InChI=1S/C15H22N2O5S/c1-10(2)16-23(21,22)12-8-6-11(7-9-12)13(18)17(5)15(3,4)14(19)20/h6-10,16H,1-5H3,(H,19,20). The zero-order valence-corrected chi connectivity index (χ0v) is 14.6.